The molecule has 0 amide bonds. The molecule has 4 heteroatoms. The van der Waals surface area contributed by atoms with Gasteiger partial charge in [-0.3, -0.25) is 4.70 Å². The van der Waals surface area contributed by atoms with Crippen LogP contribution in [0, 0.1) is 0 Å². The Hall–Kier alpha value is 2.50. The SMILES string of the molecule is F.I.[PbH2].[Tl]. The van der Waals surface area contributed by atoms with E-state index in [1.165, 1.54) is 0 Å². The molecule has 0 aromatic carbocycles. The van der Waals surface area contributed by atoms with Crippen LogP contribution in [0.25, 0.3) is 0 Å². The Bertz CT molecular complexity index is 8.00. The van der Waals surface area contributed by atoms with E-state index in [0.29, 0.717) is 0 Å². The summed E-state index contributed by atoms with van der Waals surface area (Å²) in [6.45, 7) is 0. The summed E-state index contributed by atoms with van der Waals surface area (Å²) in [5.41, 5.74) is 0. The number of hydrogen-bond donors (Lipinski definition) is 0. The summed E-state index contributed by atoms with van der Waals surface area (Å²) in [5, 5.41) is 0. The van der Waals surface area contributed by atoms with Gasteiger partial charge in [-0.05, 0) is 0 Å². The maximum Gasteiger partial charge on any atom is 0 e. The molecular weight excluding hydrogens is 557 g/mol. The Morgan fingerprint density at radius 2 is 1.00 bits per heavy atom. The molecule has 0 spiro atoms. The van der Waals surface area contributed by atoms with Gasteiger partial charge in [0.15, 0.2) is 0 Å². The van der Waals surface area contributed by atoms with E-state index in [1.54, 1.807) is 0 Å². The van der Waals surface area contributed by atoms with Gasteiger partial charge in [0.1, 0.15) is 0 Å². The molecule has 0 fully saturated rings. The van der Waals surface area contributed by atoms with Gasteiger partial charge >= 0.3 is 27.3 Å². The molecule has 0 unspecified atom stereocenters. The fraction of sp³-hybridized carbons (Fsp3) is 0. The van der Waals surface area contributed by atoms with Crippen LogP contribution in [0.5, 0.6) is 0 Å². The average molecular weight is 562 g/mol. The second-order valence-corrected chi connectivity index (χ2v) is 0. The standard InChI is InChI=1S/FH.HI.Pb.Tl.2H/h2*1H;;;;. The van der Waals surface area contributed by atoms with Gasteiger partial charge in [-0.1, -0.05) is 0 Å². The van der Waals surface area contributed by atoms with Gasteiger partial charge in [0, 0.05) is 27.3 Å². The van der Waals surface area contributed by atoms with E-state index in [-0.39, 0.29) is 83.3 Å². The quantitative estimate of drug-likeness (QED) is 0.276. The predicted octanol–water partition coefficient (Wildman–Crippen LogP) is -0.526. The van der Waals surface area contributed by atoms with Gasteiger partial charge in [0.25, 0.3) is 0 Å². The van der Waals surface area contributed by atoms with E-state index >= 15 is 0 Å². The van der Waals surface area contributed by atoms with E-state index in [0.717, 1.165) is 0 Å². The summed E-state index contributed by atoms with van der Waals surface area (Å²) in [5.74, 6) is 0. The maximum atomic E-state index is 0. The largest absolute Gasteiger partial charge is 0 e. The molecule has 0 nitrogen and oxygen atoms in total. The molecule has 0 aliphatic heterocycles. The summed E-state index contributed by atoms with van der Waals surface area (Å²) in [7, 11) is 0. The second kappa shape index (κ2) is 17.8. The van der Waals surface area contributed by atoms with Crippen LogP contribution in [0.3, 0.4) is 0 Å². The van der Waals surface area contributed by atoms with Crippen molar-refractivity contribution in [3.05, 3.63) is 0 Å². The smallest absolute Gasteiger partial charge is 0 e. The number of hydrogen-bond acceptors (Lipinski definition) is 0. The van der Waals surface area contributed by atoms with Crippen LogP contribution in [0.1, 0.15) is 0 Å². The van der Waals surface area contributed by atoms with Crippen LogP contribution in [-0.2, 0) is 0 Å². The third-order valence-corrected chi connectivity index (χ3v) is 0. The minimum Gasteiger partial charge on any atom is 0 e. The van der Waals surface area contributed by atoms with Crippen molar-refractivity contribution in [3.8, 4) is 0 Å². The van der Waals surface area contributed by atoms with Crippen LogP contribution in [0.15, 0.2) is 0 Å². The molecule has 0 aromatic rings. The van der Waals surface area contributed by atoms with Gasteiger partial charge in [-0.15, -0.1) is 24.0 Å². The third-order valence-electron chi connectivity index (χ3n) is 0. The summed E-state index contributed by atoms with van der Waals surface area (Å²) in [6.07, 6.45) is 0. The summed E-state index contributed by atoms with van der Waals surface area (Å²) in [4.78, 5) is 0. The Balaban J connectivity index is 0. The summed E-state index contributed by atoms with van der Waals surface area (Å²) in [6, 6.07) is 0. The van der Waals surface area contributed by atoms with E-state index in [2.05, 4.69) is 0 Å². The normalized spacial score (nSPS) is 0. The van der Waals surface area contributed by atoms with E-state index in [4.69, 9.17) is 0 Å². The van der Waals surface area contributed by atoms with Crippen molar-refractivity contribution in [1.29, 1.82) is 0 Å². The maximum absolute atomic E-state index is 0. The molecule has 4 heavy (non-hydrogen) atoms. The van der Waals surface area contributed by atoms with Crippen molar-refractivity contribution in [2.24, 2.45) is 0 Å². The Morgan fingerprint density at radius 3 is 1.00 bits per heavy atom. The molecule has 0 N–H and O–H groups in total. The Labute approximate surface area is 81.8 Å². The molecular formula is H4FIPbTl. The number of halogens is 2. The van der Waals surface area contributed by atoms with Gasteiger partial charge in [-0.2, -0.15) is 0 Å². The first-order valence-corrected chi connectivity index (χ1v) is 0. The van der Waals surface area contributed by atoms with Crippen molar-refractivity contribution in [3.63, 3.8) is 0 Å². The van der Waals surface area contributed by atoms with E-state index < -0.39 is 0 Å². The Kier molecular flexibility index (Phi) is 140. The Morgan fingerprint density at radius 1 is 1.00 bits per heavy atom. The van der Waals surface area contributed by atoms with Crippen molar-refractivity contribution >= 4 is 78.6 Å². The first-order chi connectivity index (χ1) is 0. The molecule has 0 bridgehead atoms. The van der Waals surface area contributed by atoms with Crippen LogP contribution < -0.4 is 0 Å². The van der Waals surface area contributed by atoms with Gasteiger partial charge in [-0.25, -0.2) is 0 Å². The third kappa shape index (κ3) is 8.82. The molecule has 0 atom stereocenters. The first-order valence-electron chi connectivity index (χ1n) is 0. The van der Waals surface area contributed by atoms with Crippen LogP contribution in [0.4, 0.5) is 4.70 Å². The molecule has 0 heterocycles. The fourth-order valence-electron chi connectivity index (χ4n) is 0. The minimum absolute atomic E-state index is 0. The average Bonchev–Trinajstić information content (AvgIpc) is 0. The van der Waals surface area contributed by atoms with Crippen molar-refractivity contribution in [2.45, 2.75) is 0 Å². The predicted molar refractivity (Wildman–Crippen MR) is 32.2 cm³/mol. The minimum atomic E-state index is 0. The van der Waals surface area contributed by atoms with Crippen molar-refractivity contribution < 1.29 is 4.70 Å². The molecule has 0 saturated carbocycles. The van der Waals surface area contributed by atoms with Crippen LogP contribution >= 0.6 is 24.0 Å². The first kappa shape index (κ1) is 31.4. The van der Waals surface area contributed by atoms with E-state index in [1.807, 2.05) is 0 Å². The van der Waals surface area contributed by atoms with Crippen LogP contribution in [0.2, 0.25) is 0 Å². The molecule has 0 aliphatic rings. The molecule has 0 saturated heterocycles. The molecule has 0 aromatic heterocycles. The van der Waals surface area contributed by atoms with Crippen LogP contribution in [-0.4, -0.2) is 54.6 Å². The van der Waals surface area contributed by atoms with E-state index in [9.17, 15) is 0 Å². The molecule has 0 rings (SSSR count). The molecule has 3 radical (unpaired) electrons. The van der Waals surface area contributed by atoms with Gasteiger partial charge in [0.2, 0.25) is 0 Å². The van der Waals surface area contributed by atoms with Crippen molar-refractivity contribution in [2.75, 3.05) is 0 Å². The fourth-order valence-corrected chi connectivity index (χ4v) is 0. The summed E-state index contributed by atoms with van der Waals surface area (Å²) >= 11 is 0. The topological polar surface area (TPSA) is 0 Å². The zero-order valence-corrected chi connectivity index (χ0v) is 14.4. The monoisotopic (exact) mass is 563 g/mol. The molecule has 25 valence electrons. The number of rotatable bonds is 0. The van der Waals surface area contributed by atoms with Gasteiger partial charge in [0.05, 0.1) is 0 Å². The second-order valence-electron chi connectivity index (χ2n) is 0. The zero-order valence-electron chi connectivity index (χ0n) is 2.10. The van der Waals surface area contributed by atoms with Crippen molar-refractivity contribution in [1.82, 2.24) is 0 Å². The van der Waals surface area contributed by atoms with Gasteiger partial charge < -0.3 is 0 Å². The summed E-state index contributed by atoms with van der Waals surface area (Å²) < 4.78 is 0. The molecule has 0 aliphatic carbocycles. The zero-order chi connectivity index (χ0) is 0.